The number of anilines is 1. The van der Waals surface area contributed by atoms with Crippen molar-refractivity contribution in [3.05, 3.63) is 41.6 Å². The van der Waals surface area contributed by atoms with E-state index in [4.69, 9.17) is 11.0 Å². The summed E-state index contributed by atoms with van der Waals surface area (Å²) in [4.78, 5) is -0.760. The van der Waals surface area contributed by atoms with E-state index in [9.17, 15) is 13.2 Å². The van der Waals surface area contributed by atoms with Gasteiger partial charge in [0.2, 0.25) is 0 Å². The van der Waals surface area contributed by atoms with Crippen LogP contribution in [0.15, 0.2) is 36.0 Å². The number of alkyl halides is 3. The number of benzene rings is 1. The first kappa shape index (κ1) is 14.0. The Hall–Kier alpha value is -2.07. The number of nitrogens with zero attached hydrogens (tertiary/aromatic N) is 1. The van der Waals surface area contributed by atoms with Gasteiger partial charge in [0.15, 0.2) is 0 Å². The minimum absolute atomic E-state index is 0.221. The van der Waals surface area contributed by atoms with Crippen molar-refractivity contribution >= 4 is 22.9 Å². The molecule has 0 bridgehead atoms. The predicted octanol–water partition coefficient (Wildman–Crippen LogP) is 2.70. The Morgan fingerprint density at radius 1 is 1.39 bits per heavy atom. The van der Waals surface area contributed by atoms with Gasteiger partial charge in [-0.1, -0.05) is 24.4 Å². The second kappa shape index (κ2) is 5.51. The van der Waals surface area contributed by atoms with Crippen LogP contribution in [0.25, 0.3) is 0 Å². The fraction of sp³-hybridized carbons (Fsp3) is 0.0909. The summed E-state index contributed by atoms with van der Waals surface area (Å²) < 4.78 is 37.5. The molecule has 0 unspecified atom stereocenters. The maximum Gasteiger partial charge on any atom is 0.420 e. The minimum Gasteiger partial charge on any atom is -0.389 e. The van der Waals surface area contributed by atoms with Gasteiger partial charge in [0.1, 0.15) is 16.6 Å². The molecule has 0 saturated heterocycles. The highest BCUT2D eigenvalue weighted by atomic mass is 32.1. The highest BCUT2D eigenvalue weighted by Crippen LogP contribution is 2.26. The fourth-order valence-corrected chi connectivity index (χ4v) is 1.32. The summed E-state index contributed by atoms with van der Waals surface area (Å²) in [5, 5.41) is 11.1. The van der Waals surface area contributed by atoms with Gasteiger partial charge in [-0.3, -0.25) is 0 Å². The Morgan fingerprint density at radius 3 is 2.50 bits per heavy atom. The molecule has 0 aliphatic heterocycles. The third kappa shape index (κ3) is 3.46. The molecule has 7 heteroatoms. The number of nitriles is 1. The number of halogens is 3. The molecule has 0 aliphatic rings. The summed E-state index contributed by atoms with van der Waals surface area (Å²) in [5.41, 5.74) is 4.32. The molecule has 0 spiro atoms. The zero-order valence-electron chi connectivity index (χ0n) is 8.95. The number of nitrogens with two attached hydrogens (primary N) is 1. The second-order valence-electron chi connectivity index (χ2n) is 3.22. The van der Waals surface area contributed by atoms with Crippen molar-refractivity contribution in [1.29, 1.82) is 5.26 Å². The van der Waals surface area contributed by atoms with E-state index < -0.39 is 16.7 Å². The summed E-state index contributed by atoms with van der Waals surface area (Å²) in [5.74, 6) is 0. The molecule has 0 amide bonds. The van der Waals surface area contributed by atoms with E-state index in [-0.39, 0.29) is 11.3 Å². The average molecular weight is 271 g/mol. The van der Waals surface area contributed by atoms with Gasteiger partial charge in [-0.2, -0.15) is 18.4 Å². The molecule has 3 nitrogen and oxygen atoms in total. The Balaban J connectivity index is 3.04. The van der Waals surface area contributed by atoms with Crippen LogP contribution < -0.4 is 11.1 Å². The largest absolute Gasteiger partial charge is 0.420 e. The number of nitrogens with one attached hydrogen (secondary N) is 1. The Morgan fingerprint density at radius 2 is 2.00 bits per heavy atom. The van der Waals surface area contributed by atoms with Gasteiger partial charge in [0, 0.05) is 6.20 Å². The first-order valence-electron chi connectivity index (χ1n) is 4.69. The molecule has 0 fully saturated rings. The van der Waals surface area contributed by atoms with E-state index in [1.54, 1.807) is 12.1 Å². The van der Waals surface area contributed by atoms with E-state index in [0.29, 0.717) is 6.20 Å². The van der Waals surface area contributed by atoms with Crippen molar-refractivity contribution in [3.8, 4) is 6.07 Å². The monoisotopic (exact) mass is 271 g/mol. The van der Waals surface area contributed by atoms with Crippen LogP contribution in [0.3, 0.4) is 0 Å². The van der Waals surface area contributed by atoms with Crippen LogP contribution in [0.5, 0.6) is 0 Å². The molecule has 18 heavy (non-hydrogen) atoms. The van der Waals surface area contributed by atoms with Gasteiger partial charge in [-0.25, -0.2) is 0 Å². The first-order chi connectivity index (χ1) is 8.36. The Labute approximate surface area is 107 Å². The van der Waals surface area contributed by atoms with Crippen LogP contribution >= 0.6 is 12.2 Å². The second-order valence-corrected chi connectivity index (χ2v) is 3.66. The molecule has 1 rings (SSSR count). The van der Waals surface area contributed by atoms with Gasteiger partial charge in [-0.05, 0) is 12.1 Å². The van der Waals surface area contributed by atoms with Crippen LogP contribution in [0.1, 0.15) is 5.56 Å². The number of hydrogen-bond acceptors (Lipinski definition) is 3. The normalized spacial score (nSPS) is 11.8. The maximum atomic E-state index is 12.5. The van der Waals surface area contributed by atoms with E-state index in [1.165, 1.54) is 12.1 Å². The van der Waals surface area contributed by atoms with E-state index in [1.807, 2.05) is 6.07 Å². The van der Waals surface area contributed by atoms with Gasteiger partial charge in [0.05, 0.1) is 11.3 Å². The van der Waals surface area contributed by atoms with Crippen LogP contribution in [-0.4, -0.2) is 11.2 Å². The summed E-state index contributed by atoms with van der Waals surface area (Å²) in [6.45, 7) is 0. The molecule has 3 N–H and O–H groups in total. The SMILES string of the molecule is N#Cc1ccccc1N/C=C(/C(N)=S)C(F)(F)F. The smallest absolute Gasteiger partial charge is 0.389 e. The number of hydrogen-bond donors (Lipinski definition) is 2. The van der Waals surface area contributed by atoms with E-state index in [2.05, 4.69) is 17.5 Å². The quantitative estimate of drug-likeness (QED) is 0.655. The summed E-state index contributed by atoms with van der Waals surface area (Å²) in [7, 11) is 0. The molecule has 0 heterocycles. The third-order valence-corrected chi connectivity index (χ3v) is 2.21. The molecule has 0 aliphatic carbocycles. The maximum absolute atomic E-state index is 12.5. The lowest BCUT2D eigenvalue weighted by molar-refractivity contribution is -0.0860. The van der Waals surface area contributed by atoms with Crippen LogP contribution in [0.2, 0.25) is 0 Å². The lowest BCUT2D eigenvalue weighted by atomic mass is 10.2. The lowest BCUT2D eigenvalue weighted by Crippen LogP contribution is -2.25. The van der Waals surface area contributed by atoms with Gasteiger partial charge in [-0.15, -0.1) is 0 Å². The average Bonchev–Trinajstić information content (AvgIpc) is 2.27. The van der Waals surface area contributed by atoms with Crippen molar-refractivity contribution in [2.24, 2.45) is 5.73 Å². The summed E-state index contributed by atoms with van der Waals surface area (Å²) >= 11 is 4.33. The molecule has 0 radical (unpaired) electrons. The molecule has 1 aromatic rings. The van der Waals surface area contributed by atoms with Crippen molar-refractivity contribution in [3.63, 3.8) is 0 Å². The van der Waals surface area contributed by atoms with Gasteiger partial charge < -0.3 is 11.1 Å². The zero-order chi connectivity index (χ0) is 13.8. The highest BCUT2D eigenvalue weighted by Gasteiger charge is 2.35. The van der Waals surface area contributed by atoms with Gasteiger partial charge >= 0.3 is 6.18 Å². The highest BCUT2D eigenvalue weighted by molar-refractivity contribution is 7.80. The molecular weight excluding hydrogens is 263 g/mol. The lowest BCUT2D eigenvalue weighted by Gasteiger charge is -2.11. The molecule has 0 atom stereocenters. The first-order valence-corrected chi connectivity index (χ1v) is 5.10. The molecular formula is C11H8F3N3S. The number of thiocarbonyl (C=S) groups is 1. The predicted molar refractivity (Wildman–Crippen MR) is 65.7 cm³/mol. The third-order valence-electron chi connectivity index (χ3n) is 1.99. The van der Waals surface area contributed by atoms with Crippen molar-refractivity contribution in [2.45, 2.75) is 6.18 Å². The van der Waals surface area contributed by atoms with Crippen molar-refractivity contribution < 1.29 is 13.2 Å². The van der Waals surface area contributed by atoms with Crippen molar-refractivity contribution in [2.75, 3.05) is 5.32 Å². The van der Waals surface area contributed by atoms with E-state index in [0.717, 1.165) is 0 Å². The Kier molecular flexibility index (Phi) is 4.28. The van der Waals surface area contributed by atoms with E-state index >= 15 is 0 Å². The van der Waals surface area contributed by atoms with Crippen molar-refractivity contribution in [1.82, 2.24) is 0 Å². The topological polar surface area (TPSA) is 61.8 Å². The number of rotatable bonds is 3. The Bertz CT molecular complexity index is 529. The molecule has 94 valence electrons. The number of para-hydroxylation sites is 1. The molecule has 0 aromatic heterocycles. The zero-order valence-corrected chi connectivity index (χ0v) is 9.77. The molecule has 1 aromatic carbocycles. The van der Waals surface area contributed by atoms with Crippen LogP contribution in [-0.2, 0) is 0 Å². The summed E-state index contributed by atoms with van der Waals surface area (Å²) in [6.07, 6.45) is -3.99. The fourth-order valence-electron chi connectivity index (χ4n) is 1.15. The minimum atomic E-state index is -4.64. The van der Waals surface area contributed by atoms with Gasteiger partial charge in [0.25, 0.3) is 0 Å². The standard InChI is InChI=1S/C11H8F3N3S/c12-11(13,14)8(10(16)18)6-17-9-4-2-1-3-7(9)5-15/h1-4,6,17H,(H2,16,18)/b8-6-. The molecule has 0 saturated carbocycles. The van der Waals surface area contributed by atoms with Crippen LogP contribution in [0, 0.1) is 11.3 Å². The summed E-state index contributed by atoms with van der Waals surface area (Å²) in [6, 6.07) is 7.99. The van der Waals surface area contributed by atoms with Crippen LogP contribution in [0.4, 0.5) is 18.9 Å².